The van der Waals surface area contributed by atoms with Gasteiger partial charge >= 0.3 is 0 Å². The fraction of sp³-hybridized carbons (Fsp3) is 0.333. The lowest BCUT2D eigenvalue weighted by Gasteiger charge is -2.22. The molecular weight excluding hydrogens is 548 g/mol. The van der Waals surface area contributed by atoms with Gasteiger partial charge in [-0.15, -0.1) is 14.6 Å². The highest BCUT2D eigenvalue weighted by Crippen LogP contribution is 2.25. The minimum Gasteiger partial charge on any atom is -0.418 e. The number of sulfone groups is 1. The van der Waals surface area contributed by atoms with Crippen LogP contribution in [0.25, 0.3) is 0 Å². The molecule has 15 heteroatoms. The van der Waals surface area contributed by atoms with Gasteiger partial charge in [0.15, 0.2) is 9.84 Å². The van der Waals surface area contributed by atoms with Gasteiger partial charge in [0.2, 0.25) is 17.6 Å². The predicted molar refractivity (Wildman–Crippen MR) is 139 cm³/mol. The molecule has 2 aromatic heterocycles. The van der Waals surface area contributed by atoms with Crippen molar-refractivity contribution in [2.75, 3.05) is 5.75 Å². The zero-order chi connectivity index (χ0) is 28.2. The van der Waals surface area contributed by atoms with Gasteiger partial charge in [-0.2, -0.15) is 8.42 Å². The Morgan fingerprint density at radius 1 is 1.03 bits per heavy atom. The SMILES string of the molecule is CCc1nnc(C(=O)[C@H](CC)NC(=O)[C@H](CS(=O)(=O)Cc2ccccn2)NC2=NS(=O)(=O)c3ccccc32)o1. The van der Waals surface area contributed by atoms with Crippen molar-refractivity contribution >= 4 is 37.4 Å². The Kier molecular flexibility index (Phi) is 8.20. The molecule has 206 valence electrons. The second-order valence-electron chi connectivity index (χ2n) is 8.67. The number of amides is 1. The van der Waals surface area contributed by atoms with Crippen LogP contribution in [-0.4, -0.2) is 67.4 Å². The summed E-state index contributed by atoms with van der Waals surface area (Å²) in [6.45, 7) is 3.41. The molecule has 0 fully saturated rings. The number of fused-ring (bicyclic) bond motifs is 1. The van der Waals surface area contributed by atoms with Crippen LogP contribution in [0.3, 0.4) is 0 Å². The maximum absolute atomic E-state index is 13.4. The molecule has 2 atom stereocenters. The fourth-order valence-corrected chi connectivity index (χ4v) is 6.51. The number of amidine groups is 1. The third-order valence-electron chi connectivity index (χ3n) is 5.79. The molecule has 13 nitrogen and oxygen atoms in total. The first kappa shape index (κ1) is 28.0. The van der Waals surface area contributed by atoms with Crippen molar-refractivity contribution in [2.24, 2.45) is 4.40 Å². The van der Waals surface area contributed by atoms with Crippen LogP contribution in [0.4, 0.5) is 0 Å². The molecule has 0 saturated heterocycles. The summed E-state index contributed by atoms with van der Waals surface area (Å²) in [5, 5.41) is 12.7. The molecule has 0 radical (unpaired) electrons. The standard InChI is InChI=1S/C24H26N6O7S2/c1-3-17(21(31)24-29-28-20(4-2)37-24)27-23(32)18(14-38(33,34)13-15-9-7-8-12-25-15)26-22-16-10-5-6-11-19(16)39(35,36)30-22/h5-12,17-18H,3-4,13-14H2,1-2H3,(H,26,30)(H,27,32)/t17-,18-/m0/s1. The number of pyridine rings is 1. The van der Waals surface area contributed by atoms with Gasteiger partial charge in [-0.3, -0.25) is 14.6 Å². The van der Waals surface area contributed by atoms with Crippen molar-refractivity contribution in [1.29, 1.82) is 0 Å². The second-order valence-corrected chi connectivity index (χ2v) is 12.4. The number of ketones is 1. The van der Waals surface area contributed by atoms with E-state index in [4.69, 9.17) is 4.42 Å². The van der Waals surface area contributed by atoms with E-state index < -0.39 is 55.1 Å². The highest BCUT2D eigenvalue weighted by atomic mass is 32.2. The van der Waals surface area contributed by atoms with Crippen LogP contribution in [0.2, 0.25) is 0 Å². The Morgan fingerprint density at radius 3 is 2.44 bits per heavy atom. The zero-order valence-electron chi connectivity index (χ0n) is 21.1. The van der Waals surface area contributed by atoms with Crippen LogP contribution in [0, 0.1) is 0 Å². The van der Waals surface area contributed by atoms with Crippen LogP contribution >= 0.6 is 0 Å². The summed E-state index contributed by atoms with van der Waals surface area (Å²) in [4.78, 5) is 30.3. The van der Waals surface area contributed by atoms with E-state index in [1.165, 1.54) is 30.5 Å². The average molecular weight is 575 g/mol. The molecular formula is C24H26N6O7S2. The predicted octanol–water partition coefficient (Wildman–Crippen LogP) is 0.827. The number of hydrogen-bond donors (Lipinski definition) is 2. The smallest absolute Gasteiger partial charge is 0.286 e. The van der Waals surface area contributed by atoms with Gasteiger partial charge in [-0.05, 0) is 30.7 Å². The molecule has 39 heavy (non-hydrogen) atoms. The van der Waals surface area contributed by atoms with Gasteiger partial charge in [-0.25, -0.2) is 8.42 Å². The topological polar surface area (TPSA) is 191 Å². The zero-order valence-corrected chi connectivity index (χ0v) is 22.7. The quantitative estimate of drug-likeness (QED) is 0.308. The van der Waals surface area contributed by atoms with E-state index in [-0.39, 0.29) is 40.2 Å². The summed E-state index contributed by atoms with van der Waals surface area (Å²) >= 11 is 0. The first-order valence-electron chi connectivity index (χ1n) is 12.0. The molecule has 0 saturated carbocycles. The lowest BCUT2D eigenvalue weighted by molar-refractivity contribution is -0.122. The molecule has 3 heterocycles. The Bertz CT molecular complexity index is 1620. The molecule has 4 rings (SSSR count). The Hall–Kier alpha value is -3.98. The van der Waals surface area contributed by atoms with E-state index in [9.17, 15) is 26.4 Å². The van der Waals surface area contributed by atoms with E-state index >= 15 is 0 Å². The number of sulfonamides is 1. The summed E-state index contributed by atoms with van der Waals surface area (Å²) in [6.07, 6.45) is 2.00. The van der Waals surface area contributed by atoms with Gasteiger partial charge in [0.25, 0.3) is 15.9 Å². The van der Waals surface area contributed by atoms with Crippen molar-refractivity contribution in [1.82, 2.24) is 25.8 Å². The number of nitrogens with zero attached hydrogens (tertiary/aromatic N) is 4. The lowest BCUT2D eigenvalue weighted by atomic mass is 10.1. The lowest BCUT2D eigenvalue weighted by Crippen LogP contribution is -2.54. The third-order valence-corrected chi connectivity index (χ3v) is 8.71. The van der Waals surface area contributed by atoms with Gasteiger partial charge in [0.05, 0.1) is 23.2 Å². The Morgan fingerprint density at radius 2 is 1.77 bits per heavy atom. The number of carbonyl (C=O) groups excluding carboxylic acids is 2. The first-order chi connectivity index (χ1) is 18.5. The largest absolute Gasteiger partial charge is 0.418 e. The number of aryl methyl sites for hydroxylation is 1. The minimum absolute atomic E-state index is 0.0762. The highest BCUT2D eigenvalue weighted by Gasteiger charge is 2.35. The molecule has 3 aromatic rings. The average Bonchev–Trinajstić information content (AvgIpc) is 3.49. The Labute approximate surface area is 225 Å². The van der Waals surface area contributed by atoms with Crippen molar-refractivity contribution in [3.63, 3.8) is 0 Å². The number of nitrogens with one attached hydrogen (secondary N) is 2. The molecule has 1 aliphatic rings. The number of benzene rings is 1. The van der Waals surface area contributed by atoms with Crippen LogP contribution in [0.1, 0.15) is 48.1 Å². The minimum atomic E-state index is -4.04. The molecule has 0 unspecified atom stereocenters. The monoisotopic (exact) mass is 574 g/mol. The van der Waals surface area contributed by atoms with Gasteiger partial charge in [0, 0.05) is 18.2 Å². The van der Waals surface area contributed by atoms with Crippen molar-refractivity contribution in [3.8, 4) is 0 Å². The van der Waals surface area contributed by atoms with Crippen LogP contribution < -0.4 is 10.6 Å². The molecule has 0 aliphatic carbocycles. The Balaban J connectivity index is 1.61. The molecule has 2 N–H and O–H groups in total. The maximum Gasteiger partial charge on any atom is 0.286 e. The van der Waals surface area contributed by atoms with Crippen LogP contribution in [0.15, 0.2) is 62.4 Å². The van der Waals surface area contributed by atoms with E-state index in [1.54, 1.807) is 32.0 Å². The summed E-state index contributed by atoms with van der Waals surface area (Å²) in [7, 11) is -8.00. The molecule has 1 amide bonds. The molecule has 1 aliphatic heterocycles. The van der Waals surface area contributed by atoms with E-state index in [1.807, 2.05) is 0 Å². The van der Waals surface area contributed by atoms with E-state index in [2.05, 4.69) is 30.2 Å². The van der Waals surface area contributed by atoms with Crippen molar-refractivity contribution in [3.05, 3.63) is 71.7 Å². The summed E-state index contributed by atoms with van der Waals surface area (Å²) in [5.74, 6) is -2.91. The number of hydrogen-bond acceptors (Lipinski definition) is 11. The number of aromatic nitrogens is 3. The third kappa shape index (κ3) is 6.54. The van der Waals surface area contributed by atoms with Gasteiger partial charge in [0.1, 0.15) is 16.8 Å². The number of carbonyl (C=O) groups is 2. The van der Waals surface area contributed by atoms with Crippen molar-refractivity contribution in [2.45, 2.75) is 49.4 Å². The summed E-state index contributed by atoms with van der Waals surface area (Å²) in [6, 6.07) is 8.15. The normalized spacial score (nSPS) is 15.6. The summed E-state index contributed by atoms with van der Waals surface area (Å²) in [5.41, 5.74) is 0.464. The first-order valence-corrected chi connectivity index (χ1v) is 15.3. The van der Waals surface area contributed by atoms with Crippen molar-refractivity contribution < 1.29 is 30.8 Å². The van der Waals surface area contributed by atoms with E-state index in [0.29, 0.717) is 6.42 Å². The fourth-order valence-electron chi connectivity index (χ4n) is 3.85. The molecule has 1 aromatic carbocycles. The number of Topliss-reactive ketones (excluding diaryl/α,β-unsaturated/α-hetero) is 1. The van der Waals surface area contributed by atoms with E-state index in [0.717, 1.165) is 0 Å². The second kappa shape index (κ2) is 11.4. The van der Waals surface area contributed by atoms with Crippen LogP contribution in [0.5, 0.6) is 0 Å². The number of rotatable bonds is 11. The van der Waals surface area contributed by atoms with Gasteiger partial charge < -0.3 is 15.1 Å². The molecule has 0 bridgehead atoms. The van der Waals surface area contributed by atoms with Gasteiger partial charge in [-0.1, -0.05) is 32.0 Å². The van der Waals surface area contributed by atoms with Crippen LogP contribution in [-0.2, 0) is 36.8 Å². The maximum atomic E-state index is 13.4. The highest BCUT2D eigenvalue weighted by molar-refractivity contribution is 7.91. The summed E-state index contributed by atoms with van der Waals surface area (Å²) < 4.78 is 60.2. The molecule has 0 spiro atoms.